The molecule has 0 aromatic heterocycles. The van der Waals surface area contributed by atoms with Crippen LogP contribution < -0.4 is 16.0 Å². The Bertz CT molecular complexity index is 256. The van der Waals surface area contributed by atoms with Crippen molar-refractivity contribution in [2.75, 3.05) is 33.4 Å². The fourth-order valence-electron chi connectivity index (χ4n) is 1.15. The van der Waals surface area contributed by atoms with Gasteiger partial charge in [0.1, 0.15) is 6.54 Å². The minimum Gasteiger partial charge on any atom is -0.383 e. The average molecular weight is 258 g/mol. The molecular weight excluding hydrogens is 232 g/mol. The topological polar surface area (TPSA) is 74.8 Å². The molecule has 1 atom stereocenters. The van der Waals surface area contributed by atoms with Crippen LogP contribution in [0.4, 0.5) is 0 Å². The van der Waals surface area contributed by atoms with Crippen molar-refractivity contribution in [1.29, 1.82) is 0 Å². The van der Waals surface area contributed by atoms with Crippen LogP contribution in [-0.4, -0.2) is 51.3 Å². The van der Waals surface area contributed by atoms with Crippen LogP contribution in [0, 0.1) is 0 Å². The van der Waals surface area contributed by atoms with Crippen LogP contribution in [0.5, 0.6) is 0 Å². The monoisotopic (exact) mass is 258 g/mol. The highest BCUT2D eigenvalue weighted by atomic mass is 16.5. The molecular formula is C12H26N4O2. The number of nitrogens with one attached hydrogen (secondary N) is 3. The van der Waals surface area contributed by atoms with Crippen molar-refractivity contribution < 1.29 is 9.53 Å². The number of hydrogen-bond donors (Lipinski definition) is 3. The minimum atomic E-state index is -0.103. The Kier molecular flexibility index (Phi) is 10.0. The van der Waals surface area contributed by atoms with E-state index in [1.54, 1.807) is 7.11 Å². The summed E-state index contributed by atoms with van der Waals surface area (Å²) in [7, 11) is 1.60. The lowest BCUT2D eigenvalue weighted by Gasteiger charge is -2.16. The lowest BCUT2D eigenvalue weighted by molar-refractivity contribution is -0.119. The van der Waals surface area contributed by atoms with Crippen molar-refractivity contribution in [3.63, 3.8) is 0 Å². The first-order valence-electron chi connectivity index (χ1n) is 6.44. The highest BCUT2D eigenvalue weighted by Crippen LogP contribution is 1.87. The first-order chi connectivity index (χ1) is 8.63. The third-order valence-electron chi connectivity index (χ3n) is 2.35. The third-order valence-corrected chi connectivity index (χ3v) is 2.35. The Morgan fingerprint density at radius 2 is 2.06 bits per heavy atom. The predicted molar refractivity (Wildman–Crippen MR) is 73.8 cm³/mol. The number of amides is 1. The molecule has 106 valence electrons. The summed E-state index contributed by atoms with van der Waals surface area (Å²) in [5, 5.41) is 9.05. The number of ether oxygens (including phenoxy) is 1. The van der Waals surface area contributed by atoms with Gasteiger partial charge in [0.25, 0.3) is 0 Å². The van der Waals surface area contributed by atoms with E-state index in [9.17, 15) is 4.79 Å². The van der Waals surface area contributed by atoms with Gasteiger partial charge in [-0.15, -0.1) is 0 Å². The summed E-state index contributed by atoms with van der Waals surface area (Å²) in [4.78, 5) is 15.7. The molecule has 0 heterocycles. The summed E-state index contributed by atoms with van der Waals surface area (Å²) in [6.45, 7) is 8.08. The van der Waals surface area contributed by atoms with Gasteiger partial charge < -0.3 is 20.7 Å². The smallest absolute Gasteiger partial charge is 0.241 e. The molecule has 0 aliphatic heterocycles. The van der Waals surface area contributed by atoms with Crippen LogP contribution in [0.3, 0.4) is 0 Å². The molecule has 0 aromatic carbocycles. The van der Waals surface area contributed by atoms with E-state index >= 15 is 0 Å². The lowest BCUT2D eigenvalue weighted by Crippen LogP contribution is -2.42. The zero-order valence-corrected chi connectivity index (χ0v) is 11.9. The summed E-state index contributed by atoms with van der Waals surface area (Å²) in [5.74, 6) is 0.571. The number of hydrogen-bond acceptors (Lipinski definition) is 3. The average Bonchev–Trinajstić information content (AvgIpc) is 2.36. The largest absolute Gasteiger partial charge is 0.383 e. The van der Waals surface area contributed by atoms with Gasteiger partial charge in [0.2, 0.25) is 5.91 Å². The molecule has 0 aromatic rings. The first-order valence-corrected chi connectivity index (χ1v) is 6.44. The molecule has 1 unspecified atom stereocenters. The van der Waals surface area contributed by atoms with Crippen molar-refractivity contribution in [3.8, 4) is 0 Å². The quantitative estimate of drug-likeness (QED) is 0.328. The van der Waals surface area contributed by atoms with Crippen molar-refractivity contribution in [2.45, 2.75) is 33.2 Å². The van der Waals surface area contributed by atoms with E-state index in [-0.39, 0.29) is 12.5 Å². The summed E-state index contributed by atoms with van der Waals surface area (Å²) in [6, 6.07) is 0.333. The number of carbonyl (C=O) groups excluding carboxylic acids is 1. The van der Waals surface area contributed by atoms with Crippen LogP contribution in [0.1, 0.15) is 27.2 Å². The maximum atomic E-state index is 11.5. The SMILES string of the molecule is CCNC(=NCC(=O)NCCOC)NC(C)CC. The molecule has 0 saturated carbocycles. The molecule has 3 N–H and O–H groups in total. The number of rotatable bonds is 8. The van der Waals surface area contributed by atoms with E-state index in [4.69, 9.17) is 4.74 Å². The number of aliphatic imine (C=N–C) groups is 1. The second-order valence-corrected chi connectivity index (χ2v) is 3.99. The van der Waals surface area contributed by atoms with E-state index in [2.05, 4.69) is 34.8 Å². The van der Waals surface area contributed by atoms with Crippen LogP contribution in [0.15, 0.2) is 4.99 Å². The van der Waals surface area contributed by atoms with E-state index in [0.717, 1.165) is 13.0 Å². The molecule has 0 bridgehead atoms. The van der Waals surface area contributed by atoms with Crippen molar-refractivity contribution in [3.05, 3.63) is 0 Å². The second-order valence-electron chi connectivity index (χ2n) is 3.99. The van der Waals surface area contributed by atoms with Crippen molar-refractivity contribution in [1.82, 2.24) is 16.0 Å². The molecule has 0 fully saturated rings. The van der Waals surface area contributed by atoms with Gasteiger partial charge in [-0.1, -0.05) is 6.92 Å². The summed E-state index contributed by atoms with van der Waals surface area (Å²) >= 11 is 0. The Morgan fingerprint density at radius 3 is 2.61 bits per heavy atom. The Balaban J connectivity index is 4.09. The van der Waals surface area contributed by atoms with Gasteiger partial charge in [-0.05, 0) is 20.3 Å². The standard InChI is InChI=1S/C12H26N4O2/c1-5-10(3)16-12(13-6-2)15-9-11(17)14-7-8-18-4/h10H,5-9H2,1-4H3,(H,14,17)(H2,13,15,16). The Morgan fingerprint density at radius 1 is 1.33 bits per heavy atom. The second kappa shape index (κ2) is 10.8. The van der Waals surface area contributed by atoms with Crippen LogP contribution in [0.25, 0.3) is 0 Å². The molecule has 0 spiro atoms. The van der Waals surface area contributed by atoms with Gasteiger partial charge in [0, 0.05) is 26.2 Å². The fraction of sp³-hybridized carbons (Fsp3) is 0.833. The minimum absolute atomic E-state index is 0.103. The Labute approximate surface area is 110 Å². The molecule has 0 aliphatic carbocycles. The highest BCUT2D eigenvalue weighted by molar-refractivity contribution is 5.85. The predicted octanol–water partition coefficient (Wildman–Crippen LogP) is 0.103. The lowest BCUT2D eigenvalue weighted by atomic mass is 10.3. The summed E-state index contributed by atoms with van der Waals surface area (Å²) in [6.07, 6.45) is 1.00. The summed E-state index contributed by atoms with van der Waals surface area (Å²) < 4.78 is 4.85. The van der Waals surface area contributed by atoms with Gasteiger partial charge in [0.15, 0.2) is 5.96 Å². The maximum absolute atomic E-state index is 11.5. The van der Waals surface area contributed by atoms with Crippen molar-refractivity contribution >= 4 is 11.9 Å². The van der Waals surface area contributed by atoms with Gasteiger partial charge in [-0.2, -0.15) is 0 Å². The van der Waals surface area contributed by atoms with Crippen LogP contribution in [0.2, 0.25) is 0 Å². The number of nitrogens with zero attached hydrogens (tertiary/aromatic N) is 1. The molecule has 18 heavy (non-hydrogen) atoms. The normalized spacial score (nSPS) is 13.0. The van der Waals surface area contributed by atoms with Gasteiger partial charge >= 0.3 is 0 Å². The third kappa shape index (κ3) is 8.81. The van der Waals surface area contributed by atoms with Crippen molar-refractivity contribution in [2.24, 2.45) is 4.99 Å². The zero-order chi connectivity index (χ0) is 13.8. The highest BCUT2D eigenvalue weighted by Gasteiger charge is 2.04. The zero-order valence-electron chi connectivity index (χ0n) is 11.9. The maximum Gasteiger partial charge on any atom is 0.241 e. The number of guanidine groups is 1. The fourth-order valence-corrected chi connectivity index (χ4v) is 1.15. The first kappa shape index (κ1) is 16.7. The van der Waals surface area contributed by atoms with Crippen LogP contribution >= 0.6 is 0 Å². The molecule has 0 rings (SSSR count). The molecule has 0 radical (unpaired) electrons. The number of carbonyl (C=O) groups is 1. The van der Waals surface area contributed by atoms with E-state index in [1.165, 1.54) is 0 Å². The van der Waals surface area contributed by atoms with E-state index in [1.807, 2.05) is 6.92 Å². The molecule has 0 saturated heterocycles. The molecule has 0 aliphatic rings. The van der Waals surface area contributed by atoms with Gasteiger partial charge in [0.05, 0.1) is 6.61 Å². The van der Waals surface area contributed by atoms with Gasteiger partial charge in [-0.3, -0.25) is 4.79 Å². The molecule has 6 heteroatoms. The number of methoxy groups -OCH3 is 1. The van der Waals surface area contributed by atoms with Gasteiger partial charge in [-0.25, -0.2) is 4.99 Å². The van der Waals surface area contributed by atoms with Crippen LogP contribution in [-0.2, 0) is 9.53 Å². The van der Waals surface area contributed by atoms with E-state index < -0.39 is 0 Å². The molecule has 1 amide bonds. The Hall–Kier alpha value is -1.30. The molecule has 6 nitrogen and oxygen atoms in total. The van der Waals surface area contributed by atoms with E-state index in [0.29, 0.717) is 25.2 Å². The summed E-state index contributed by atoms with van der Waals surface area (Å²) in [5.41, 5.74) is 0.